The Morgan fingerprint density at radius 2 is 1.82 bits per heavy atom. The van der Waals surface area contributed by atoms with Crippen LogP contribution in [0.1, 0.15) is 27.0 Å². The Morgan fingerprint density at radius 1 is 1.03 bits per heavy atom. The van der Waals surface area contributed by atoms with Gasteiger partial charge in [-0.25, -0.2) is 0 Å². The molecule has 0 fully saturated rings. The van der Waals surface area contributed by atoms with E-state index in [9.17, 15) is 4.79 Å². The third-order valence-corrected chi connectivity index (χ3v) is 6.27. The fraction of sp³-hybridized carbons (Fsp3) is 0.222. The molecule has 0 N–H and O–H groups in total. The van der Waals surface area contributed by atoms with Crippen molar-refractivity contribution in [1.82, 2.24) is 4.90 Å². The predicted octanol–water partition coefficient (Wildman–Crippen LogP) is 5.37. The van der Waals surface area contributed by atoms with Gasteiger partial charge in [-0.2, -0.15) is 0 Å². The second-order valence-electron chi connectivity index (χ2n) is 8.18. The molecule has 0 radical (unpaired) electrons. The van der Waals surface area contributed by atoms with Gasteiger partial charge < -0.3 is 18.9 Å². The number of benzene rings is 3. The summed E-state index contributed by atoms with van der Waals surface area (Å²) < 4.78 is 22.8. The fourth-order valence-electron chi connectivity index (χ4n) is 4.18. The van der Waals surface area contributed by atoms with Crippen LogP contribution in [-0.2, 0) is 13.0 Å². The number of carbonyl (C=O) groups excluding carboxylic acids is 1. The van der Waals surface area contributed by atoms with Crippen molar-refractivity contribution >= 4 is 23.5 Å². The highest BCUT2D eigenvalue weighted by atomic mass is 35.5. The number of methoxy groups -OCH3 is 2. The number of carbonyl (C=O) groups is 1. The molecule has 0 aromatic heterocycles. The van der Waals surface area contributed by atoms with Crippen LogP contribution in [0.2, 0.25) is 5.02 Å². The van der Waals surface area contributed by atoms with Gasteiger partial charge in [0.2, 0.25) is 5.78 Å². The number of nitrogens with zero attached hydrogens (tertiary/aromatic N) is 1. The van der Waals surface area contributed by atoms with Crippen molar-refractivity contribution in [3.05, 3.63) is 87.6 Å². The van der Waals surface area contributed by atoms with Gasteiger partial charge in [-0.05, 0) is 60.0 Å². The molecule has 2 heterocycles. The van der Waals surface area contributed by atoms with E-state index in [4.69, 9.17) is 30.5 Å². The summed E-state index contributed by atoms with van der Waals surface area (Å²) in [5.74, 6) is 2.93. The quantitative estimate of drug-likeness (QED) is 0.445. The number of hydrogen-bond acceptors (Lipinski definition) is 6. The lowest BCUT2D eigenvalue weighted by atomic mass is 10.0. The predicted molar refractivity (Wildman–Crippen MR) is 130 cm³/mol. The lowest BCUT2D eigenvalue weighted by molar-refractivity contribution is 0.0949. The number of rotatable bonds is 6. The van der Waals surface area contributed by atoms with Crippen LogP contribution in [0.4, 0.5) is 0 Å². The molecule has 3 aromatic carbocycles. The maximum absolute atomic E-state index is 13.0. The van der Waals surface area contributed by atoms with Crippen molar-refractivity contribution in [2.24, 2.45) is 0 Å². The van der Waals surface area contributed by atoms with Gasteiger partial charge in [0, 0.05) is 18.1 Å². The molecule has 0 saturated carbocycles. The molecule has 0 saturated heterocycles. The lowest BCUT2D eigenvalue weighted by Crippen LogP contribution is -2.33. The third-order valence-electron chi connectivity index (χ3n) is 6.01. The molecule has 3 aromatic rings. The Bertz CT molecular complexity index is 1270. The van der Waals surface area contributed by atoms with Crippen molar-refractivity contribution in [1.29, 1.82) is 0 Å². The molecule has 0 atom stereocenters. The van der Waals surface area contributed by atoms with E-state index in [1.807, 2.05) is 36.4 Å². The first-order valence-corrected chi connectivity index (χ1v) is 11.4. The molecule has 0 bridgehead atoms. The van der Waals surface area contributed by atoms with Crippen molar-refractivity contribution in [3.8, 4) is 23.0 Å². The van der Waals surface area contributed by atoms with Crippen molar-refractivity contribution < 1.29 is 23.7 Å². The van der Waals surface area contributed by atoms with E-state index in [-0.39, 0.29) is 5.78 Å². The van der Waals surface area contributed by atoms with Crippen LogP contribution >= 0.6 is 11.6 Å². The van der Waals surface area contributed by atoms with Crippen molar-refractivity contribution in [3.63, 3.8) is 0 Å². The van der Waals surface area contributed by atoms with Gasteiger partial charge in [0.1, 0.15) is 18.2 Å². The topological polar surface area (TPSA) is 57.2 Å². The molecular weight excluding hydrogens is 454 g/mol. The Labute approximate surface area is 203 Å². The van der Waals surface area contributed by atoms with Crippen LogP contribution < -0.4 is 18.9 Å². The smallest absolute Gasteiger partial charge is 0.231 e. The summed E-state index contributed by atoms with van der Waals surface area (Å²) in [4.78, 5) is 15.2. The summed E-state index contributed by atoms with van der Waals surface area (Å²) in [7, 11) is 3.26. The number of allylic oxidation sites excluding steroid dienone is 1. The molecule has 2 aliphatic rings. The number of ketones is 1. The Kier molecular flexibility index (Phi) is 6.18. The number of Topliss-reactive ketones (excluding diaryl/α,β-unsaturated/α-hetero) is 1. The molecular formula is C27H24ClNO5. The summed E-state index contributed by atoms with van der Waals surface area (Å²) in [5, 5.41) is 0.642. The number of fused-ring (bicyclic) bond motifs is 3. The molecule has 2 aliphatic heterocycles. The first-order valence-electron chi connectivity index (χ1n) is 11.0. The Balaban J connectivity index is 1.32. The fourth-order valence-corrected chi connectivity index (χ4v) is 4.31. The van der Waals surface area contributed by atoms with E-state index in [2.05, 4.69) is 4.90 Å². The van der Waals surface area contributed by atoms with Gasteiger partial charge in [-0.3, -0.25) is 9.69 Å². The van der Waals surface area contributed by atoms with Gasteiger partial charge >= 0.3 is 0 Å². The lowest BCUT2D eigenvalue weighted by Gasteiger charge is -2.29. The summed E-state index contributed by atoms with van der Waals surface area (Å²) in [6.45, 7) is 1.88. The zero-order valence-electron chi connectivity index (χ0n) is 19.0. The van der Waals surface area contributed by atoms with Crippen molar-refractivity contribution in [2.75, 3.05) is 27.5 Å². The van der Waals surface area contributed by atoms with Gasteiger partial charge in [0.15, 0.2) is 17.3 Å². The zero-order valence-corrected chi connectivity index (χ0v) is 19.7. The summed E-state index contributed by atoms with van der Waals surface area (Å²) in [6.07, 6.45) is 2.55. The maximum Gasteiger partial charge on any atom is 0.231 e. The van der Waals surface area contributed by atoms with Crippen LogP contribution in [0.3, 0.4) is 0 Å². The highest BCUT2D eigenvalue weighted by Crippen LogP contribution is 2.42. The summed E-state index contributed by atoms with van der Waals surface area (Å²) in [5.41, 5.74) is 3.44. The van der Waals surface area contributed by atoms with Crippen LogP contribution in [0.15, 0.2) is 60.4 Å². The average Bonchev–Trinajstić information content (AvgIpc) is 3.19. The number of halogens is 1. The van der Waals surface area contributed by atoms with E-state index in [1.54, 1.807) is 38.5 Å². The van der Waals surface area contributed by atoms with E-state index in [0.29, 0.717) is 46.9 Å². The highest BCUT2D eigenvalue weighted by Gasteiger charge is 2.33. The average molecular weight is 478 g/mol. The summed E-state index contributed by atoms with van der Waals surface area (Å²) >= 11 is 5.97. The van der Waals surface area contributed by atoms with E-state index >= 15 is 0 Å². The molecule has 34 heavy (non-hydrogen) atoms. The molecule has 7 heteroatoms. The first-order chi connectivity index (χ1) is 16.6. The molecule has 0 spiro atoms. The molecule has 6 nitrogen and oxygen atoms in total. The maximum atomic E-state index is 13.0. The molecule has 0 unspecified atom stereocenters. The van der Waals surface area contributed by atoms with Gasteiger partial charge in [-0.1, -0.05) is 29.8 Å². The van der Waals surface area contributed by atoms with E-state index in [1.165, 1.54) is 0 Å². The second-order valence-corrected chi connectivity index (χ2v) is 8.61. The van der Waals surface area contributed by atoms with Crippen LogP contribution in [-0.4, -0.2) is 38.2 Å². The Hall–Kier alpha value is -3.48. The van der Waals surface area contributed by atoms with Crippen LogP contribution in [0.5, 0.6) is 23.0 Å². The van der Waals surface area contributed by atoms with Crippen molar-refractivity contribution in [2.45, 2.75) is 13.0 Å². The molecule has 0 amide bonds. The monoisotopic (exact) mass is 477 g/mol. The van der Waals surface area contributed by atoms with Gasteiger partial charge in [0.05, 0.1) is 25.3 Å². The minimum absolute atomic E-state index is 0.129. The number of ether oxygens (including phenoxy) is 4. The van der Waals surface area contributed by atoms with Gasteiger partial charge in [-0.15, -0.1) is 0 Å². The van der Waals surface area contributed by atoms with Crippen LogP contribution in [0.25, 0.3) is 6.08 Å². The van der Waals surface area contributed by atoms with Gasteiger partial charge in [0.25, 0.3) is 0 Å². The van der Waals surface area contributed by atoms with Crippen LogP contribution in [0, 0.1) is 0 Å². The molecule has 0 aliphatic carbocycles. The first kappa shape index (κ1) is 22.3. The largest absolute Gasteiger partial charge is 0.493 e. The minimum Gasteiger partial charge on any atom is -0.493 e. The number of hydrogen-bond donors (Lipinski definition) is 0. The summed E-state index contributed by atoms with van der Waals surface area (Å²) in [6, 6.07) is 16.8. The minimum atomic E-state index is -0.129. The second kappa shape index (κ2) is 9.41. The Morgan fingerprint density at radius 3 is 2.59 bits per heavy atom. The zero-order chi connectivity index (χ0) is 23.7. The SMILES string of the molecule is COc1ccc(CCN2COc3ccc4c(c3C2)O/C(=C\c2ccc(Cl)cc2)C4=O)cc1OC. The normalized spacial score (nSPS) is 16.0. The molecule has 5 rings (SSSR count). The molecule has 174 valence electrons. The standard InChI is InChI=1S/C27H24ClNO5/c1-31-23-9-5-18(13-24(23)32-2)11-12-29-15-21-22(33-16-29)10-8-20-26(30)25(34-27(20)21)14-17-3-6-19(28)7-4-17/h3-10,13-14H,11-12,15-16H2,1-2H3/b25-14-. The van der Waals surface area contributed by atoms with E-state index in [0.717, 1.165) is 35.4 Å². The highest BCUT2D eigenvalue weighted by molar-refractivity contribution is 6.30. The van der Waals surface area contributed by atoms with E-state index < -0.39 is 0 Å². The third kappa shape index (κ3) is 4.34.